The SMILES string of the molecule is Cc1cnc(Cl)nc1Cc1ccc2ccn(S(=O)C(C)(C)C)c2n1. The van der Waals surface area contributed by atoms with E-state index < -0.39 is 11.0 Å². The molecule has 0 N–H and O–H groups in total. The summed E-state index contributed by atoms with van der Waals surface area (Å²) >= 11 is 5.89. The van der Waals surface area contributed by atoms with Gasteiger partial charge >= 0.3 is 0 Å². The summed E-state index contributed by atoms with van der Waals surface area (Å²) in [7, 11) is -1.20. The van der Waals surface area contributed by atoms with Crippen molar-refractivity contribution in [3.8, 4) is 0 Å². The normalized spacial score (nSPS) is 13.4. The van der Waals surface area contributed by atoms with E-state index in [0.717, 1.165) is 28.0 Å². The van der Waals surface area contributed by atoms with Crippen LogP contribution in [0.25, 0.3) is 11.0 Å². The molecule has 0 fully saturated rings. The van der Waals surface area contributed by atoms with Gasteiger partial charge in [-0.25, -0.2) is 23.1 Å². The van der Waals surface area contributed by atoms with Gasteiger partial charge in [-0.1, -0.05) is 0 Å². The van der Waals surface area contributed by atoms with Crippen LogP contribution in [0.2, 0.25) is 5.28 Å². The van der Waals surface area contributed by atoms with Gasteiger partial charge in [-0.2, -0.15) is 0 Å². The van der Waals surface area contributed by atoms with Crippen molar-refractivity contribution in [3.05, 3.63) is 52.8 Å². The first-order valence-corrected chi connectivity index (χ1v) is 9.11. The van der Waals surface area contributed by atoms with Gasteiger partial charge in [-0.15, -0.1) is 0 Å². The predicted molar refractivity (Wildman–Crippen MR) is 97.6 cm³/mol. The second kappa shape index (κ2) is 6.26. The Morgan fingerprint density at radius 3 is 2.67 bits per heavy atom. The highest BCUT2D eigenvalue weighted by Crippen LogP contribution is 2.22. The Bertz CT molecular complexity index is 930. The molecule has 0 spiro atoms. The minimum Gasteiger partial charge on any atom is -0.250 e. The van der Waals surface area contributed by atoms with Crippen LogP contribution < -0.4 is 0 Å². The van der Waals surface area contributed by atoms with Crippen LogP contribution in [0.15, 0.2) is 30.6 Å². The van der Waals surface area contributed by atoms with Gasteiger partial charge in [0, 0.05) is 29.9 Å². The van der Waals surface area contributed by atoms with E-state index in [4.69, 9.17) is 16.6 Å². The zero-order chi connectivity index (χ0) is 17.5. The highest BCUT2D eigenvalue weighted by Gasteiger charge is 2.23. The van der Waals surface area contributed by atoms with Crippen LogP contribution in [0.5, 0.6) is 0 Å². The molecular weight excluding hydrogens is 344 g/mol. The molecule has 3 aromatic rings. The van der Waals surface area contributed by atoms with Gasteiger partial charge in [-0.05, 0) is 63.1 Å². The summed E-state index contributed by atoms with van der Waals surface area (Å²) in [4.78, 5) is 13.0. The minimum absolute atomic E-state index is 0.230. The Morgan fingerprint density at radius 1 is 1.21 bits per heavy atom. The van der Waals surface area contributed by atoms with Crippen LogP contribution in [0, 0.1) is 6.92 Å². The lowest BCUT2D eigenvalue weighted by Gasteiger charge is -2.18. The van der Waals surface area contributed by atoms with Gasteiger partial charge in [0.15, 0.2) is 5.65 Å². The van der Waals surface area contributed by atoms with Crippen LogP contribution in [-0.4, -0.2) is 27.9 Å². The quantitative estimate of drug-likeness (QED) is 0.667. The van der Waals surface area contributed by atoms with E-state index in [2.05, 4.69) is 9.97 Å². The van der Waals surface area contributed by atoms with Crippen LogP contribution in [0.3, 0.4) is 0 Å². The maximum atomic E-state index is 12.7. The van der Waals surface area contributed by atoms with Crippen molar-refractivity contribution in [3.63, 3.8) is 0 Å². The van der Waals surface area contributed by atoms with E-state index >= 15 is 0 Å². The number of aryl methyl sites for hydroxylation is 1. The topological polar surface area (TPSA) is 60.7 Å². The summed E-state index contributed by atoms with van der Waals surface area (Å²) in [6.07, 6.45) is 4.09. The summed E-state index contributed by atoms with van der Waals surface area (Å²) in [5.41, 5.74) is 3.39. The Balaban J connectivity index is 2.02. The predicted octanol–water partition coefficient (Wildman–Crippen LogP) is 3.69. The second-order valence-corrected chi connectivity index (χ2v) is 9.12. The number of aromatic nitrogens is 4. The van der Waals surface area contributed by atoms with Crippen LogP contribution in [0.1, 0.15) is 37.7 Å². The fourth-order valence-corrected chi connectivity index (χ4v) is 3.57. The van der Waals surface area contributed by atoms with Crippen molar-refractivity contribution in [1.82, 2.24) is 18.9 Å². The standard InChI is InChI=1S/C17H19ClN4OS/c1-11-10-19-16(18)21-14(11)9-13-6-5-12-7-8-22(15(12)20-13)24(23)17(2,3)4/h5-8,10H,9H2,1-4H3. The van der Waals surface area contributed by atoms with Crippen molar-refractivity contribution in [1.29, 1.82) is 0 Å². The average Bonchev–Trinajstić information content (AvgIpc) is 2.92. The molecule has 3 heterocycles. The number of fused-ring (bicyclic) bond motifs is 1. The Hall–Kier alpha value is -1.79. The van der Waals surface area contributed by atoms with Gasteiger partial charge in [0.05, 0.1) is 10.4 Å². The monoisotopic (exact) mass is 362 g/mol. The molecular formula is C17H19ClN4OS. The van der Waals surface area contributed by atoms with E-state index in [1.54, 1.807) is 10.2 Å². The van der Waals surface area contributed by atoms with E-state index in [1.807, 2.05) is 52.1 Å². The first-order valence-electron chi connectivity index (χ1n) is 7.63. The molecule has 1 unspecified atom stereocenters. The van der Waals surface area contributed by atoms with E-state index in [9.17, 15) is 4.21 Å². The molecule has 0 aliphatic heterocycles. The fourth-order valence-electron chi connectivity index (χ4n) is 2.35. The number of nitrogens with zero attached hydrogens (tertiary/aromatic N) is 4. The summed E-state index contributed by atoms with van der Waals surface area (Å²) in [6.45, 7) is 7.79. The maximum absolute atomic E-state index is 12.7. The van der Waals surface area contributed by atoms with Gasteiger partial charge < -0.3 is 0 Å². The highest BCUT2D eigenvalue weighted by atomic mass is 35.5. The lowest BCUT2D eigenvalue weighted by atomic mass is 10.1. The van der Waals surface area contributed by atoms with Gasteiger partial charge in [0.1, 0.15) is 11.0 Å². The molecule has 0 aliphatic rings. The van der Waals surface area contributed by atoms with Crippen molar-refractivity contribution >= 4 is 33.6 Å². The van der Waals surface area contributed by atoms with Crippen molar-refractivity contribution in [2.45, 2.75) is 38.9 Å². The Kier molecular flexibility index (Phi) is 4.44. The molecule has 0 aromatic carbocycles. The molecule has 0 saturated carbocycles. The summed E-state index contributed by atoms with van der Waals surface area (Å²) in [5, 5.41) is 1.20. The zero-order valence-corrected chi connectivity index (χ0v) is 15.6. The third kappa shape index (κ3) is 3.35. The molecule has 5 nitrogen and oxygen atoms in total. The molecule has 126 valence electrons. The van der Waals surface area contributed by atoms with Gasteiger partial charge in [-0.3, -0.25) is 0 Å². The van der Waals surface area contributed by atoms with E-state index in [-0.39, 0.29) is 10.0 Å². The molecule has 0 bridgehead atoms. The second-order valence-electron chi connectivity index (χ2n) is 6.66. The van der Waals surface area contributed by atoms with Gasteiger partial charge in [0.25, 0.3) is 0 Å². The van der Waals surface area contributed by atoms with Crippen molar-refractivity contribution in [2.24, 2.45) is 0 Å². The highest BCUT2D eigenvalue weighted by molar-refractivity contribution is 7.85. The number of pyridine rings is 1. The van der Waals surface area contributed by atoms with Crippen molar-refractivity contribution < 1.29 is 4.21 Å². The van der Waals surface area contributed by atoms with E-state index in [0.29, 0.717) is 6.42 Å². The molecule has 3 rings (SSSR count). The molecule has 0 radical (unpaired) electrons. The first-order chi connectivity index (χ1) is 11.3. The summed E-state index contributed by atoms with van der Waals surface area (Å²) < 4.78 is 14.1. The minimum atomic E-state index is -1.20. The average molecular weight is 363 g/mol. The number of hydrogen-bond donors (Lipinski definition) is 0. The third-order valence-electron chi connectivity index (χ3n) is 3.66. The number of hydrogen-bond acceptors (Lipinski definition) is 4. The molecule has 24 heavy (non-hydrogen) atoms. The largest absolute Gasteiger partial charge is 0.250 e. The summed E-state index contributed by atoms with van der Waals surface area (Å²) in [6, 6.07) is 5.89. The Labute approximate surface area is 148 Å². The molecule has 7 heteroatoms. The smallest absolute Gasteiger partial charge is 0.222 e. The molecule has 0 saturated heterocycles. The van der Waals surface area contributed by atoms with E-state index in [1.165, 1.54) is 0 Å². The zero-order valence-electron chi connectivity index (χ0n) is 14.1. The number of halogens is 1. The lowest BCUT2D eigenvalue weighted by Crippen LogP contribution is -2.26. The van der Waals surface area contributed by atoms with Crippen molar-refractivity contribution in [2.75, 3.05) is 0 Å². The fraction of sp³-hybridized carbons (Fsp3) is 0.353. The molecule has 3 aromatic heterocycles. The summed E-state index contributed by atoms with van der Waals surface area (Å²) in [5.74, 6) is 0. The molecule has 1 atom stereocenters. The maximum Gasteiger partial charge on any atom is 0.222 e. The van der Waals surface area contributed by atoms with Crippen LogP contribution >= 0.6 is 11.6 Å². The molecule has 0 aliphatic carbocycles. The molecule has 0 amide bonds. The number of rotatable bonds is 3. The first kappa shape index (κ1) is 17.0. The van der Waals surface area contributed by atoms with Crippen LogP contribution in [0.4, 0.5) is 0 Å². The van der Waals surface area contributed by atoms with Gasteiger partial charge in [0.2, 0.25) is 5.28 Å². The lowest BCUT2D eigenvalue weighted by molar-refractivity contribution is 0.642. The Morgan fingerprint density at radius 2 is 1.96 bits per heavy atom. The third-order valence-corrected chi connectivity index (χ3v) is 5.54. The van der Waals surface area contributed by atoms with Crippen LogP contribution in [-0.2, 0) is 17.4 Å².